The Bertz CT molecular complexity index is 1130. The summed E-state index contributed by atoms with van der Waals surface area (Å²) in [6.07, 6.45) is 21.0. The molecule has 0 radical (unpaired) electrons. The van der Waals surface area contributed by atoms with E-state index in [9.17, 15) is 9.59 Å². The summed E-state index contributed by atoms with van der Waals surface area (Å²) < 4.78 is 0. The van der Waals surface area contributed by atoms with Crippen LogP contribution in [0.2, 0.25) is 0 Å². The van der Waals surface area contributed by atoms with Crippen LogP contribution in [-0.4, -0.2) is 45.5 Å². The molecule has 2 saturated carbocycles. The van der Waals surface area contributed by atoms with Crippen molar-refractivity contribution in [1.29, 1.82) is 0 Å². The molecular formula is C41H66N2O3. The van der Waals surface area contributed by atoms with E-state index >= 15 is 4.79 Å². The molecule has 5 heteroatoms. The van der Waals surface area contributed by atoms with Crippen molar-refractivity contribution in [2.45, 2.75) is 193 Å². The molecule has 1 saturated heterocycles. The molecule has 258 valence electrons. The fraction of sp³-hybridized carbons (Fsp3) is 0.780. The van der Waals surface area contributed by atoms with E-state index < -0.39 is 11.1 Å². The molecule has 3 aliphatic rings. The summed E-state index contributed by atoms with van der Waals surface area (Å²) in [5.41, 5.74) is 0.604. The second kappa shape index (κ2) is 17.4. The van der Waals surface area contributed by atoms with Gasteiger partial charge >= 0.3 is 0 Å². The standard InChI is InChI=1S/C41H66N2O3/c1-6-11-21-31-26-28-32(29-27-31)37(44)40(8-3,30-12-7-2)42-35-24-19-15-13-17-22-33(35)38(45)41(9-4,10-5)43-36-25-20-16-14-18-23-34(36)39(43)46/h26-29,33-36,42H,6-25,30H2,1-5H3/t33-,34-,35+,36+,40?/m1/s1. The van der Waals surface area contributed by atoms with E-state index in [4.69, 9.17) is 0 Å². The van der Waals surface area contributed by atoms with Gasteiger partial charge in [-0.1, -0.05) is 130 Å². The summed E-state index contributed by atoms with van der Waals surface area (Å²) in [5, 5.41) is 4.01. The van der Waals surface area contributed by atoms with E-state index in [1.807, 2.05) is 12.1 Å². The average molecular weight is 635 g/mol. The summed E-state index contributed by atoms with van der Waals surface area (Å²) >= 11 is 0. The van der Waals surface area contributed by atoms with Gasteiger partial charge in [-0.05, 0) is 69.8 Å². The number of nitrogens with zero attached hydrogens (tertiary/aromatic N) is 1. The number of Topliss-reactive ketones (excluding diaryl/α,β-unsaturated/α-hetero) is 2. The van der Waals surface area contributed by atoms with E-state index in [1.165, 1.54) is 24.8 Å². The number of carbonyl (C=O) groups is 3. The summed E-state index contributed by atoms with van der Waals surface area (Å²) in [7, 11) is 0. The second-order valence-corrected chi connectivity index (χ2v) is 15.0. The third kappa shape index (κ3) is 7.82. The van der Waals surface area contributed by atoms with Crippen molar-refractivity contribution in [3.8, 4) is 0 Å². The van der Waals surface area contributed by atoms with Crippen molar-refractivity contribution in [2.24, 2.45) is 11.8 Å². The lowest BCUT2D eigenvalue weighted by atomic mass is 9.67. The van der Waals surface area contributed by atoms with Crippen molar-refractivity contribution in [1.82, 2.24) is 10.2 Å². The van der Waals surface area contributed by atoms with Gasteiger partial charge < -0.3 is 10.2 Å². The molecule has 1 aromatic carbocycles. The van der Waals surface area contributed by atoms with Crippen molar-refractivity contribution >= 4 is 17.5 Å². The molecule has 4 rings (SSSR count). The van der Waals surface area contributed by atoms with Gasteiger partial charge in [0.25, 0.3) is 0 Å². The molecule has 1 amide bonds. The van der Waals surface area contributed by atoms with E-state index in [0.29, 0.717) is 19.3 Å². The zero-order valence-corrected chi connectivity index (χ0v) is 30.1. The average Bonchev–Trinajstić information content (AvgIpc) is 3.06. The highest BCUT2D eigenvalue weighted by Gasteiger charge is 2.58. The number of rotatable bonds is 16. The Balaban J connectivity index is 1.67. The Kier molecular flexibility index (Phi) is 13.9. The Morgan fingerprint density at radius 3 is 1.98 bits per heavy atom. The summed E-state index contributed by atoms with van der Waals surface area (Å²) in [6, 6.07) is 8.47. The number of fused-ring (bicyclic) bond motifs is 1. The molecule has 1 heterocycles. The number of β-lactam (4-membered cyclic amide) rings is 1. The van der Waals surface area contributed by atoms with Gasteiger partial charge in [0.05, 0.1) is 11.5 Å². The van der Waals surface area contributed by atoms with Crippen LogP contribution >= 0.6 is 0 Å². The Hall–Kier alpha value is -2.01. The third-order valence-electron chi connectivity index (χ3n) is 12.3. The fourth-order valence-corrected chi connectivity index (χ4v) is 9.23. The minimum absolute atomic E-state index is 0.0700. The molecule has 5 atom stereocenters. The number of nitrogens with one attached hydrogen (secondary N) is 1. The van der Waals surface area contributed by atoms with Gasteiger partial charge in [0, 0.05) is 23.6 Å². The lowest BCUT2D eigenvalue weighted by molar-refractivity contribution is -0.178. The van der Waals surface area contributed by atoms with Gasteiger partial charge in [-0.2, -0.15) is 0 Å². The highest BCUT2D eigenvalue weighted by atomic mass is 16.2. The number of carbonyl (C=O) groups excluding carboxylic acids is 3. The normalized spacial score (nSPS) is 25.7. The summed E-state index contributed by atoms with van der Waals surface area (Å²) in [6.45, 7) is 10.8. The largest absolute Gasteiger partial charge is 0.326 e. The van der Waals surface area contributed by atoms with Gasteiger partial charge in [-0.15, -0.1) is 0 Å². The van der Waals surface area contributed by atoms with Gasteiger partial charge in [0.2, 0.25) is 5.91 Å². The summed E-state index contributed by atoms with van der Waals surface area (Å²) in [4.78, 5) is 45.7. The molecule has 1 N–H and O–H groups in total. The van der Waals surface area contributed by atoms with Crippen molar-refractivity contribution in [3.05, 3.63) is 35.4 Å². The predicted molar refractivity (Wildman–Crippen MR) is 190 cm³/mol. The van der Waals surface area contributed by atoms with Crippen molar-refractivity contribution in [2.75, 3.05) is 0 Å². The van der Waals surface area contributed by atoms with E-state index in [1.54, 1.807) is 0 Å². The molecule has 1 unspecified atom stereocenters. The van der Waals surface area contributed by atoms with Crippen LogP contribution in [0.25, 0.3) is 0 Å². The minimum Gasteiger partial charge on any atom is -0.326 e. The Labute approximate surface area is 281 Å². The van der Waals surface area contributed by atoms with Gasteiger partial charge in [-0.25, -0.2) is 0 Å². The SMILES string of the molecule is CCCCc1ccc(C(=O)C(CC)(CCCC)N[C@H]2CCCCCC[C@H]2C(=O)C(CC)(CC)N2C(=O)[C@@H]3CCCCCC[C@@H]32)cc1. The first-order chi connectivity index (χ1) is 22.3. The van der Waals surface area contributed by atoms with E-state index in [0.717, 1.165) is 102 Å². The lowest BCUT2D eigenvalue weighted by Gasteiger charge is -2.58. The number of amides is 1. The summed E-state index contributed by atoms with van der Waals surface area (Å²) in [5.74, 6) is 0.565. The first-order valence-corrected chi connectivity index (χ1v) is 19.6. The zero-order chi connectivity index (χ0) is 33.2. The topological polar surface area (TPSA) is 66.5 Å². The van der Waals surface area contributed by atoms with Crippen LogP contribution in [0.1, 0.15) is 179 Å². The van der Waals surface area contributed by atoms with Gasteiger partial charge in [-0.3, -0.25) is 14.4 Å². The predicted octanol–water partition coefficient (Wildman–Crippen LogP) is 9.79. The molecular weight excluding hydrogens is 568 g/mol. The number of hydrogen-bond acceptors (Lipinski definition) is 4. The van der Waals surface area contributed by atoms with E-state index in [2.05, 4.69) is 57.0 Å². The first-order valence-electron chi connectivity index (χ1n) is 19.6. The van der Waals surface area contributed by atoms with Crippen molar-refractivity contribution in [3.63, 3.8) is 0 Å². The monoisotopic (exact) mass is 635 g/mol. The quantitative estimate of drug-likeness (QED) is 0.145. The number of benzene rings is 1. The molecule has 0 aromatic heterocycles. The molecule has 1 aromatic rings. The molecule has 5 nitrogen and oxygen atoms in total. The van der Waals surface area contributed by atoms with Crippen LogP contribution in [0.4, 0.5) is 0 Å². The van der Waals surface area contributed by atoms with Crippen LogP contribution in [-0.2, 0) is 16.0 Å². The van der Waals surface area contributed by atoms with Crippen molar-refractivity contribution < 1.29 is 14.4 Å². The molecule has 0 bridgehead atoms. The number of ketones is 2. The first kappa shape index (κ1) is 36.8. The van der Waals surface area contributed by atoms with Crippen LogP contribution in [0.3, 0.4) is 0 Å². The Morgan fingerprint density at radius 1 is 0.761 bits per heavy atom. The van der Waals surface area contributed by atoms with Crippen LogP contribution in [0.5, 0.6) is 0 Å². The number of aryl methyl sites for hydroxylation is 1. The maximum Gasteiger partial charge on any atom is 0.228 e. The van der Waals surface area contributed by atoms with Crippen LogP contribution in [0.15, 0.2) is 24.3 Å². The fourth-order valence-electron chi connectivity index (χ4n) is 9.23. The minimum atomic E-state index is -0.752. The lowest BCUT2D eigenvalue weighted by Crippen LogP contribution is -2.73. The molecule has 46 heavy (non-hydrogen) atoms. The van der Waals surface area contributed by atoms with Gasteiger partial charge in [0.1, 0.15) is 5.54 Å². The maximum atomic E-state index is 15.2. The third-order valence-corrected chi connectivity index (χ3v) is 12.3. The highest BCUT2D eigenvalue weighted by molar-refractivity contribution is 6.03. The number of unbranched alkanes of at least 4 members (excludes halogenated alkanes) is 2. The van der Waals surface area contributed by atoms with Crippen LogP contribution in [0, 0.1) is 11.8 Å². The number of hydrogen-bond donors (Lipinski definition) is 1. The number of likely N-dealkylation sites (tertiary alicyclic amines) is 1. The molecule has 2 aliphatic carbocycles. The maximum absolute atomic E-state index is 15.2. The van der Waals surface area contributed by atoms with E-state index in [-0.39, 0.29) is 41.4 Å². The second-order valence-electron chi connectivity index (χ2n) is 15.0. The highest BCUT2D eigenvalue weighted by Crippen LogP contribution is 2.46. The van der Waals surface area contributed by atoms with Crippen LogP contribution < -0.4 is 5.32 Å². The molecule has 1 aliphatic heterocycles. The molecule has 0 spiro atoms. The smallest absolute Gasteiger partial charge is 0.228 e. The Morgan fingerprint density at radius 2 is 1.37 bits per heavy atom. The zero-order valence-electron chi connectivity index (χ0n) is 30.1. The van der Waals surface area contributed by atoms with Gasteiger partial charge in [0.15, 0.2) is 11.6 Å². The molecule has 3 fully saturated rings.